The van der Waals surface area contributed by atoms with E-state index in [1.54, 1.807) is 41.5 Å². The van der Waals surface area contributed by atoms with Gasteiger partial charge in [-0.05, 0) is 114 Å². The predicted octanol–water partition coefficient (Wildman–Crippen LogP) is 6.08. The lowest BCUT2D eigenvalue weighted by Crippen LogP contribution is -2.55. The molecule has 0 aromatic heterocycles. The van der Waals surface area contributed by atoms with Crippen molar-refractivity contribution in [1.82, 2.24) is 20.4 Å². The number of esters is 1. The van der Waals surface area contributed by atoms with E-state index >= 15 is 0 Å². The molecule has 3 aliphatic rings. The maximum atomic E-state index is 14.1. The first-order chi connectivity index (χ1) is 23.3. The zero-order valence-corrected chi connectivity index (χ0v) is 32.2. The van der Waals surface area contributed by atoms with Crippen molar-refractivity contribution in [3.05, 3.63) is 0 Å². The second kappa shape index (κ2) is 18.5. The number of amides is 3. The number of hydrogen-bond acceptors (Lipinski definition) is 9. The minimum absolute atomic E-state index is 0.0174. The molecule has 2 heterocycles. The Kier molecular flexibility index (Phi) is 15.4. The fourth-order valence-electron chi connectivity index (χ4n) is 6.66. The summed E-state index contributed by atoms with van der Waals surface area (Å²) in [5.41, 5.74) is -2.06. The molecule has 286 valence electrons. The number of ether oxygens (including phenoxy) is 4. The average molecular weight is 708 g/mol. The van der Waals surface area contributed by atoms with E-state index in [-0.39, 0.29) is 42.4 Å². The quantitative estimate of drug-likeness (QED) is 0.125. The predicted molar refractivity (Wildman–Crippen MR) is 192 cm³/mol. The summed E-state index contributed by atoms with van der Waals surface area (Å²) in [6.07, 6.45) is 8.93. The van der Waals surface area contributed by atoms with Crippen LogP contribution in [0.1, 0.15) is 139 Å². The average Bonchev–Trinajstić information content (AvgIpc) is 2.98. The van der Waals surface area contributed by atoms with E-state index in [0.717, 1.165) is 44.9 Å². The molecular formula is C37H65N5O8. The fourth-order valence-corrected chi connectivity index (χ4v) is 6.66. The lowest BCUT2D eigenvalue weighted by molar-refractivity contribution is -0.158. The van der Waals surface area contributed by atoms with Crippen LogP contribution in [0, 0.1) is 0 Å². The number of nitrogens with one attached hydrogen (secondary N) is 2. The van der Waals surface area contributed by atoms with Gasteiger partial charge in [0, 0.05) is 38.3 Å². The van der Waals surface area contributed by atoms with E-state index < -0.39 is 35.0 Å². The molecule has 0 spiro atoms. The largest absolute Gasteiger partial charge is 0.460 e. The van der Waals surface area contributed by atoms with Gasteiger partial charge in [0.15, 0.2) is 0 Å². The van der Waals surface area contributed by atoms with Crippen molar-refractivity contribution in [3.8, 4) is 0 Å². The van der Waals surface area contributed by atoms with Gasteiger partial charge in [0.05, 0.1) is 18.6 Å². The van der Waals surface area contributed by atoms with E-state index in [0.29, 0.717) is 45.5 Å². The van der Waals surface area contributed by atoms with Crippen LogP contribution in [0.5, 0.6) is 0 Å². The first-order valence-electron chi connectivity index (χ1n) is 18.7. The summed E-state index contributed by atoms with van der Waals surface area (Å²) in [5, 5.41) is 6.19. The highest BCUT2D eigenvalue weighted by Gasteiger charge is 2.35. The smallest absolute Gasteiger partial charge is 0.437 e. The van der Waals surface area contributed by atoms with Crippen molar-refractivity contribution >= 4 is 30.0 Å². The van der Waals surface area contributed by atoms with Gasteiger partial charge in [-0.3, -0.25) is 14.9 Å². The zero-order chi connectivity index (χ0) is 37.1. The molecule has 0 unspecified atom stereocenters. The molecule has 2 aliphatic heterocycles. The third kappa shape index (κ3) is 15.5. The number of alkyl carbamates (subject to hydrolysis) is 1. The maximum Gasteiger partial charge on any atom is 0.437 e. The molecule has 3 rings (SSSR count). The summed E-state index contributed by atoms with van der Waals surface area (Å²) in [7, 11) is 0. The second-order valence-corrected chi connectivity index (χ2v) is 16.9. The number of carbonyl (C=O) groups excluding carboxylic acids is 4. The number of aliphatic imine (C=N–C) groups is 1. The van der Waals surface area contributed by atoms with Crippen molar-refractivity contribution in [2.75, 3.05) is 26.2 Å². The van der Waals surface area contributed by atoms with Crippen LogP contribution in [-0.4, -0.2) is 107 Å². The number of hydrogen-bond donors (Lipinski definition) is 2. The Morgan fingerprint density at radius 1 is 0.740 bits per heavy atom. The summed E-state index contributed by atoms with van der Waals surface area (Å²) < 4.78 is 22.7. The molecule has 3 fully saturated rings. The standard InChI is InChI=1S/C37H65N5O8/c1-35(2,3)48-30(43)25-29(38-26-15-11-10-12-16-26)31(44)42-21-14-13-17-27(42)20-24-47-28-18-22-41(23-19-28)32(39-33(45)49-36(4,5)6)40-34(46)50-37(7,8)9/h26-29,38H,10-25H2,1-9H3,(H,39,40,45,46)/t27-,29-/m0/s1. The number of likely N-dealkylation sites (tertiary alicyclic amines) is 2. The van der Waals surface area contributed by atoms with E-state index in [1.807, 2.05) is 30.6 Å². The molecule has 0 radical (unpaired) electrons. The van der Waals surface area contributed by atoms with Gasteiger partial charge in [-0.2, -0.15) is 0 Å². The van der Waals surface area contributed by atoms with Crippen LogP contribution in [0.25, 0.3) is 0 Å². The Bertz CT molecular complexity index is 1160. The first kappa shape index (κ1) is 41.5. The van der Waals surface area contributed by atoms with Crippen LogP contribution < -0.4 is 10.6 Å². The van der Waals surface area contributed by atoms with Gasteiger partial charge >= 0.3 is 18.2 Å². The summed E-state index contributed by atoms with van der Waals surface area (Å²) in [6, 6.07) is -0.340. The lowest BCUT2D eigenvalue weighted by atomic mass is 9.93. The third-order valence-corrected chi connectivity index (χ3v) is 8.79. The van der Waals surface area contributed by atoms with Gasteiger partial charge < -0.3 is 34.1 Å². The highest BCUT2D eigenvalue weighted by atomic mass is 16.6. The molecule has 13 heteroatoms. The normalized spacial score (nSPS) is 21.0. The number of guanidine groups is 1. The third-order valence-electron chi connectivity index (χ3n) is 8.79. The van der Waals surface area contributed by atoms with Crippen molar-refractivity contribution in [3.63, 3.8) is 0 Å². The van der Waals surface area contributed by atoms with E-state index in [2.05, 4.69) is 15.6 Å². The van der Waals surface area contributed by atoms with Crippen molar-refractivity contribution < 1.29 is 38.1 Å². The minimum Gasteiger partial charge on any atom is -0.460 e. The molecule has 0 aromatic rings. The number of carbonyl (C=O) groups is 4. The molecule has 2 saturated heterocycles. The molecule has 0 bridgehead atoms. The van der Waals surface area contributed by atoms with Gasteiger partial charge in [0.2, 0.25) is 11.9 Å². The van der Waals surface area contributed by atoms with Gasteiger partial charge in [0.1, 0.15) is 16.8 Å². The van der Waals surface area contributed by atoms with Crippen LogP contribution >= 0.6 is 0 Å². The topological polar surface area (TPSA) is 148 Å². The molecule has 0 aromatic carbocycles. The SMILES string of the molecule is CC(C)(C)OC(=O)C[C@H](NC1CCCCC1)C(=O)N1CCCC[C@H]1CCOC1CCN(/C(=N/C(=O)OC(C)(C)C)NC(=O)OC(C)(C)C)CC1. The van der Waals surface area contributed by atoms with Crippen LogP contribution in [0.3, 0.4) is 0 Å². The Morgan fingerprint density at radius 3 is 1.94 bits per heavy atom. The summed E-state index contributed by atoms with van der Waals surface area (Å²) in [4.78, 5) is 60.0. The van der Waals surface area contributed by atoms with Gasteiger partial charge in [0.25, 0.3) is 0 Å². The Balaban J connectivity index is 1.58. The molecule has 50 heavy (non-hydrogen) atoms. The van der Waals surface area contributed by atoms with Gasteiger partial charge in [-0.25, -0.2) is 9.59 Å². The van der Waals surface area contributed by atoms with Crippen LogP contribution in [-0.2, 0) is 28.5 Å². The van der Waals surface area contributed by atoms with E-state index in [4.69, 9.17) is 18.9 Å². The monoisotopic (exact) mass is 707 g/mol. The van der Waals surface area contributed by atoms with E-state index in [1.165, 1.54) is 6.42 Å². The van der Waals surface area contributed by atoms with Crippen molar-refractivity contribution in [2.45, 2.75) is 180 Å². The van der Waals surface area contributed by atoms with Crippen LogP contribution in [0.4, 0.5) is 9.59 Å². The number of rotatable bonds is 9. The number of nitrogens with zero attached hydrogens (tertiary/aromatic N) is 3. The molecule has 2 N–H and O–H groups in total. The van der Waals surface area contributed by atoms with Crippen molar-refractivity contribution in [1.29, 1.82) is 0 Å². The van der Waals surface area contributed by atoms with Gasteiger partial charge in [-0.1, -0.05) is 19.3 Å². The maximum absolute atomic E-state index is 14.1. The second-order valence-electron chi connectivity index (χ2n) is 16.9. The molecule has 13 nitrogen and oxygen atoms in total. The van der Waals surface area contributed by atoms with Crippen LogP contribution in [0.15, 0.2) is 4.99 Å². The summed E-state index contributed by atoms with van der Waals surface area (Å²) in [6.45, 7) is 18.3. The van der Waals surface area contributed by atoms with Gasteiger partial charge in [-0.15, -0.1) is 4.99 Å². The summed E-state index contributed by atoms with van der Waals surface area (Å²) >= 11 is 0. The Morgan fingerprint density at radius 2 is 1.34 bits per heavy atom. The first-order valence-corrected chi connectivity index (χ1v) is 18.7. The molecule has 3 amide bonds. The molecule has 1 saturated carbocycles. The van der Waals surface area contributed by atoms with Crippen molar-refractivity contribution in [2.24, 2.45) is 4.99 Å². The van der Waals surface area contributed by atoms with Crippen LogP contribution in [0.2, 0.25) is 0 Å². The molecule has 1 aliphatic carbocycles. The zero-order valence-electron chi connectivity index (χ0n) is 32.2. The molecular weight excluding hydrogens is 642 g/mol. The molecule has 2 atom stereocenters. The lowest BCUT2D eigenvalue weighted by Gasteiger charge is -2.39. The Hall–Kier alpha value is -2.93. The minimum atomic E-state index is -0.796. The number of piperidine rings is 2. The highest BCUT2D eigenvalue weighted by Crippen LogP contribution is 2.25. The highest BCUT2D eigenvalue weighted by molar-refractivity contribution is 5.99. The summed E-state index contributed by atoms with van der Waals surface area (Å²) in [5.74, 6) is -0.289. The Labute approximate surface area is 299 Å². The van der Waals surface area contributed by atoms with E-state index in [9.17, 15) is 19.2 Å². The fraction of sp³-hybridized carbons (Fsp3) is 0.865.